The molecule has 8 rings (SSSR count). The number of unbranched alkanes of at least 4 members (excludes halogenated alkanes) is 4. The molecular formula is C58H72F6N4O7. The molecule has 2 aliphatic heterocycles. The van der Waals surface area contributed by atoms with Crippen molar-refractivity contribution >= 4 is 35.1 Å². The van der Waals surface area contributed by atoms with Crippen LogP contribution in [0.2, 0.25) is 0 Å². The number of nitrogens with zero attached hydrogens (tertiary/aromatic N) is 2. The Morgan fingerprint density at radius 3 is 1.48 bits per heavy atom. The number of amides is 3. The smallest absolute Gasteiger partial charge is 0.417 e. The molecular weight excluding hydrogens is 979 g/mol. The van der Waals surface area contributed by atoms with E-state index in [1.807, 2.05) is 44.2 Å². The number of rotatable bonds is 13. The first-order chi connectivity index (χ1) is 35.4. The maximum absolute atomic E-state index is 14.2. The summed E-state index contributed by atoms with van der Waals surface area (Å²) in [5, 5.41) is 12.1. The number of fused-ring (bicyclic) bond motifs is 2. The van der Waals surface area contributed by atoms with Gasteiger partial charge in [-0.1, -0.05) is 126 Å². The Balaban J connectivity index is 0.000000206. The molecule has 75 heavy (non-hydrogen) atoms. The minimum Gasteiger partial charge on any atom is -0.478 e. The lowest BCUT2D eigenvalue weighted by Crippen LogP contribution is -2.53. The summed E-state index contributed by atoms with van der Waals surface area (Å²) in [4.78, 5) is 53.3. The fraction of sp³-hybridized carbons (Fsp3) is 0.517. The summed E-state index contributed by atoms with van der Waals surface area (Å²) in [5.74, 6) is -2.78. The van der Waals surface area contributed by atoms with E-state index in [0.29, 0.717) is 43.8 Å². The van der Waals surface area contributed by atoms with Gasteiger partial charge in [0.2, 0.25) is 0 Å². The lowest BCUT2D eigenvalue weighted by molar-refractivity contribution is -0.139. The van der Waals surface area contributed by atoms with Crippen molar-refractivity contribution in [2.45, 2.75) is 179 Å². The van der Waals surface area contributed by atoms with Crippen molar-refractivity contribution in [1.82, 2.24) is 5.32 Å². The van der Waals surface area contributed by atoms with Crippen molar-refractivity contribution in [3.63, 3.8) is 0 Å². The number of anilines is 2. The summed E-state index contributed by atoms with van der Waals surface area (Å²) >= 11 is 0. The molecule has 17 heteroatoms. The number of alkyl halides is 6. The van der Waals surface area contributed by atoms with Crippen LogP contribution in [0, 0.1) is 0 Å². The van der Waals surface area contributed by atoms with Gasteiger partial charge in [0, 0.05) is 31.1 Å². The van der Waals surface area contributed by atoms with Gasteiger partial charge in [0.1, 0.15) is 11.5 Å². The van der Waals surface area contributed by atoms with Gasteiger partial charge in [-0.2, -0.15) is 26.3 Å². The normalized spacial score (nSPS) is 20.9. The molecule has 4 aromatic carbocycles. The van der Waals surface area contributed by atoms with E-state index in [-0.39, 0.29) is 47.3 Å². The summed E-state index contributed by atoms with van der Waals surface area (Å²) in [5.41, 5.74) is 2.50. The van der Waals surface area contributed by atoms with Crippen molar-refractivity contribution in [3.05, 3.63) is 118 Å². The molecule has 4 N–H and O–H groups in total. The molecule has 2 aliphatic carbocycles. The topological polar surface area (TPSA) is 152 Å². The molecule has 2 fully saturated rings. The van der Waals surface area contributed by atoms with Crippen molar-refractivity contribution in [2.24, 2.45) is 5.73 Å². The average Bonchev–Trinajstić information content (AvgIpc) is 3.36. The maximum Gasteiger partial charge on any atom is 0.417 e. The third-order valence-electron chi connectivity index (χ3n) is 14.4. The zero-order valence-corrected chi connectivity index (χ0v) is 43.8. The second kappa shape index (κ2) is 24.7. The molecule has 0 unspecified atom stereocenters. The number of carbonyl (C=O) groups is 4. The zero-order valence-electron chi connectivity index (χ0n) is 43.8. The molecule has 4 aromatic rings. The van der Waals surface area contributed by atoms with Gasteiger partial charge in [-0.15, -0.1) is 0 Å². The number of nitrogens with two attached hydrogens (primary N) is 1. The molecule has 11 nitrogen and oxygen atoms in total. The third-order valence-corrected chi connectivity index (χ3v) is 14.4. The van der Waals surface area contributed by atoms with E-state index in [4.69, 9.17) is 20.3 Å². The van der Waals surface area contributed by atoms with Crippen LogP contribution in [-0.4, -0.2) is 65.2 Å². The van der Waals surface area contributed by atoms with E-state index in [1.165, 1.54) is 61.0 Å². The first-order valence-corrected chi connectivity index (χ1v) is 26.3. The standard InChI is InChI=1S/C29H35F3N2O3.C17H20F3NO4.C12H17N/c1-4-5-11-16-34-24-17-21(22(29(30,31)32)18-25(24)37-28(2,3)27(34)36)26(35)33-23-15-10-9-14-20(23)19-12-7-6-8-13-19;1-4-5-6-7-21-12-8-10(14(22)23)11(17(18,19)20)9-13(12)25-16(2,3)15(21)24;13-12-9-5-4-8-11(12)10-6-2-1-3-7-10/h6-8,12-13,17-18,20,23H,4-5,9-11,14-16H2,1-3H3,(H,33,35);8-9H,4-7H2,1-3H3,(H,22,23);1-3,6-7,11-12H,4-5,8-9,13H2/t20-,23-;;11-,12-/m0.0/s1. The molecule has 2 heterocycles. The van der Waals surface area contributed by atoms with Crippen LogP contribution in [0.5, 0.6) is 11.5 Å². The highest BCUT2D eigenvalue weighted by atomic mass is 19.4. The van der Waals surface area contributed by atoms with E-state index in [2.05, 4.69) is 35.6 Å². The van der Waals surface area contributed by atoms with E-state index >= 15 is 0 Å². The predicted octanol–water partition coefficient (Wildman–Crippen LogP) is 13.6. The fourth-order valence-electron chi connectivity index (χ4n) is 10.5. The minimum atomic E-state index is -4.84. The Hall–Kier alpha value is -6.10. The highest BCUT2D eigenvalue weighted by molar-refractivity contribution is 6.05. The van der Waals surface area contributed by atoms with Crippen LogP contribution in [0.1, 0.15) is 186 Å². The van der Waals surface area contributed by atoms with Gasteiger partial charge in [-0.3, -0.25) is 14.4 Å². The first-order valence-electron chi connectivity index (χ1n) is 26.3. The van der Waals surface area contributed by atoms with Crippen LogP contribution in [0.3, 0.4) is 0 Å². The van der Waals surface area contributed by atoms with E-state index < -0.39 is 63.6 Å². The average molecular weight is 1050 g/mol. The number of halogens is 6. The number of carboxylic acids is 1. The Morgan fingerprint density at radius 2 is 1.04 bits per heavy atom. The molecule has 2 saturated carbocycles. The quantitative estimate of drug-likeness (QED) is 0.0884. The summed E-state index contributed by atoms with van der Waals surface area (Å²) in [6.45, 7) is 10.7. The Morgan fingerprint density at radius 1 is 0.627 bits per heavy atom. The summed E-state index contributed by atoms with van der Waals surface area (Å²) < 4.78 is 93.4. The first kappa shape index (κ1) is 58.2. The molecule has 4 atom stereocenters. The molecule has 0 bridgehead atoms. The molecule has 3 amide bonds. The number of benzene rings is 4. The zero-order chi connectivity index (χ0) is 54.9. The highest BCUT2D eigenvalue weighted by Crippen LogP contribution is 2.46. The van der Waals surface area contributed by atoms with Crippen molar-refractivity contribution < 1.29 is 60.1 Å². The Labute approximate surface area is 436 Å². The largest absolute Gasteiger partial charge is 0.478 e. The predicted molar refractivity (Wildman–Crippen MR) is 278 cm³/mol. The lowest BCUT2D eigenvalue weighted by Gasteiger charge is -2.39. The Bertz CT molecular complexity index is 2610. The van der Waals surface area contributed by atoms with Gasteiger partial charge in [0.25, 0.3) is 17.7 Å². The number of aromatic carboxylic acids is 1. The highest BCUT2D eigenvalue weighted by Gasteiger charge is 2.46. The monoisotopic (exact) mass is 1050 g/mol. The van der Waals surface area contributed by atoms with E-state index in [0.717, 1.165) is 62.6 Å². The van der Waals surface area contributed by atoms with Crippen molar-refractivity contribution in [2.75, 3.05) is 22.9 Å². The second-order valence-corrected chi connectivity index (χ2v) is 20.9. The number of carboxylic acid groups (broad SMARTS) is 1. The lowest BCUT2D eigenvalue weighted by atomic mass is 9.80. The number of nitrogens with one attached hydrogen (secondary N) is 1. The summed E-state index contributed by atoms with van der Waals surface area (Å²) in [7, 11) is 0. The minimum absolute atomic E-state index is 0.0297. The number of hydrogen-bond donors (Lipinski definition) is 3. The molecule has 0 aromatic heterocycles. The molecule has 0 saturated heterocycles. The maximum atomic E-state index is 14.2. The molecule has 408 valence electrons. The number of hydrogen-bond acceptors (Lipinski definition) is 7. The van der Waals surface area contributed by atoms with Crippen LogP contribution >= 0.6 is 0 Å². The van der Waals surface area contributed by atoms with Crippen LogP contribution in [0.15, 0.2) is 84.9 Å². The summed E-state index contributed by atoms with van der Waals surface area (Å²) in [6.07, 6.45) is 3.84. The number of carbonyl (C=O) groups excluding carboxylic acids is 3. The van der Waals surface area contributed by atoms with Crippen molar-refractivity contribution in [1.29, 1.82) is 0 Å². The van der Waals surface area contributed by atoms with E-state index in [9.17, 15) is 45.5 Å². The fourth-order valence-corrected chi connectivity index (χ4v) is 10.5. The van der Waals surface area contributed by atoms with Gasteiger partial charge in [0.15, 0.2) is 11.2 Å². The van der Waals surface area contributed by atoms with Crippen LogP contribution in [0.25, 0.3) is 0 Å². The molecule has 0 spiro atoms. The van der Waals surface area contributed by atoms with Gasteiger partial charge < -0.3 is 35.4 Å². The van der Waals surface area contributed by atoms with Gasteiger partial charge in [0.05, 0.1) is 33.6 Å². The van der Waals surface area contributed by atoms with Gasteiger partial charge >= 0.3 is 18.3 Å². The van der Waals surface area contributed by atoms with E-state index in [1.54, 1.807) is 13.8 Å². The Kier molecular flexibility index (Phi) is 19.2. The third kappa shape index (κ3) is 14.2. The van der Waals surface area contributed by atoms with Crippen molar-refractivity contribution in [3.8, 4) is 11.5 Å². The second-order valence-electron chi connectivity index (χ2n) is 20.9. The molecule has 0 radical (unpaired) electrons. The van der Waals surface area contributed by atoms with Crippen LogP contribution in [-0.2, 0) is 21.9 Å². The van der Waals surface area contributed by atoms with Gasteiger partial charge in [-0.25, -0.2) is 4.79 Å². The van der Waals surface area contributed by atoms with Crippen LogP contribution < -0.4 is 30.3 Å². The van der Waals surface area contributed by atoms with Crippen LogP contribution in [0.4, 0.5) is 37.7 Å². The summed E-state index contributed by atoms with van der Waals surface area (Å²) in [6, 6.07) is 24.2. The SMILES string of the molecule is CCCCCN1C(=O)C(C)(C)Oc2cc(C(F)(F)F)c(C(=O)N[C@H]3CCCC[C@H]3c3ccccc3)cc21.CCCCCN1C(=O)C(C)(C)Oc2cc(C(F)(F)F)c(C(=O)O)cc21.N[C@H]1CCCC[C@H]1c1ccccc1. The number of ether oxygens (including phenoxy) is 2. The molecule has 4 aliphatic rings. The van der Waals surface area contributed by atoms with Gasteiger partial charge in [-0.05, 0) is 108 Å².